The highest BCUT2D eigenvalue weighted by molar-refractivity contribution is 5.76. The van der Waals surface area contributed by atoms with Crippen LogP contribution >= 0.6 is 0 Å². The third kappa shape index (κ3) is 27.9. The van der Waals surface area contributed by atoms with Crippen molar-refractivity contribution in [3.63, 3.8) is 0 Å². The number of allylic oxidation sites excluding steroid dienone is 5. The van der Waals surface area contributed by atoms with Crippen molar-refractivity contribution >= 4 is 5.91 Å². The van der Waals surface area contributed by atoms with Crippen LogP contribution in [-0.4, -0.2) is 87.5 Å². The van der Waals surface area contributed by atoms with E-state index >= 15 is 0 Å². The first-order valence-electron chi connectivity index (χ1n) is 23.2. The molecule has 7 atom stereocenters. The average Bonchev–Trinajstić information content (AvgIpc) is 3.20. The SMILES string of the molecule is CCCCCCCCCCCCCC/C=C/CC/C=C/CC/C=C/C(O)C(COC1OC(CO)C(O)C(O)C1O)NC(=O)CCCCCCCCCCCCC. The summed E-state index contributed by atoms with van der Waals surface area (Å²) < 4.78 is 11.2. The summed E-state index contributed by atoms with van der Waals surface area (Å²) in [7, 11) is 0. The van der Waals surface area contributed by atoms with Crippen LogP contribution in [0, 0.1) is 0 Å². The van der Waals surface area contributed by atoms with Crippen LogP contribution in [0.5, 0.6) is 0 Å². The normalized spacial score (nSPS) is 21.4. The Kier molecular flexibility index (Phi) is 35.3. The molecule has 0 spiro atoms. The van der Waals surface area contributed by atoms with Gasteiger partial charge >= 0.3 is 0 Å². The van der Waals surface area contributed by atoms with E-state index in [1.807, 2.05) is 6.08 Å². The highest BCUT2D eigenvalue weighted by Crippen LogP contribution is 2.22. The number of aliphatic hydroxyl groups is 5. The van der Waals surface area contributed by atoms with Gasteiger partial charge in [-0.05, 0) is 44.9 Å². The highest BCUT2D eigenvalue weighted by Gasteiger charge is 2.44. The van der Waals surface area contributed by atoms with Gasteiger partial charge in [0.2, 0.25) is 5.91 Å². The molecule has 0 aromatic carbocycles. The van der Waals surface area contributed by atoms with Gasteiger partial charge in [-0.3, -0.25) is 4.79 Å². The average molecular weight is 794 g/mol. The highest BCUT2D eigenvalue weighted by atomic mass is 16.7. The largest absolute Gasteiger partial charge is 0.394 e. The molecule has 1 fully saturated rings. The molecule has 1 aliphatic rings. The molecular weight excluding hydrogens is 707 g/mol. The first-order chi connectivity index (χ1) is 27.3. The van der Waals surface area contributed by atoms with Crippen molar-refractivity contribution in [3.8, 4) is 0 Å². The Balaban J connectivity index is 2.36. The Morgan fingerprint density at radius 2 is 1.02 bits per heavy atom. The monoisotopic (exact) mass is 794 g/mol. The maximum absolute atomic E-state index is 12.9. The molecule has 0 aromatic rings. The molecule has 1 heterocycles. The van der Waals surface area contributed by atoms with E-state index in [1.165, 1.54) is 135 Å². The van der Waals surface area contributed by atoms with E-state index < -0.39 is 49.5 Å². The lowest BCUT2D eigenvalue weighted by molar-refractivity contribution is -0.302. The molecule has 328 valence electrons. The Morgan fingerprint density at radius 1 is 0.589 bits per heavy atom. The molecule has 6 N–H and O–H groups in total. The zero-order valence-electron chi connectivity index (χ0n) is 35.9. The number of rotatable bonds is 38. The fourth-order valence-electron chi connectivity index (χ4n) is 7.19. The molecular formula is C47H87NO8. The minimum atomic E-state index is -1.57. The molecule has 1 aliphatic heterocycles. The fourth-order valence-corrected chi connectivity index (χ4v) is 7.19. The molecule has 56 heavy (non-hydrogen) atoms. The van der Waals surface area contributed by atoms with Crippen molar-refractivity contribution in [2.75, 3.05) is 13.2 Å². The van der Waals surface area contributed by atoms with Gasteiger partial charge < -0.3 is 40.3 Å². The topological polar surface area (TPSA) is 149 Å². The third-order valence-corrected chi connectivity index (χ3v) is 10.9. The Morgan fingerprint density at radius 3 is 1.50 bits per heavy atom. The molecule has 9 heteroatoms. The van der Waals surface area contributed by atoms with Crippen LogP contribution in [0.15, 0.2) is 36.5 Å². The number of carbonyl (C=O) groups is 1. The summed E-state index contributed by atoms with van der Waals surface area (Å²) in [6.45, 7) is 3.74. The summed E-state index contributed by atoms with van der Waals surface area (Å²) in [5.41, 5.74) is 0. The second kappa shape index (κ2) is 37.7. The fraction of sp³-hybridized carbons (Fsp3) is 0.851. The Hall–Kier alpha value is -1.59. The van der Waals surface area contributed by atoms with E-state index in [0.29, 0.717) is 6.42 Å². The van der Waals surface area contributed by atoms with Crippen LogP contribution in [0.1, 0.15) is 200 Å². The molecule has 7 unspecified atom stereocenters. The first kappa shape index (κ1) is 52.4. The van der Waals surface area contributed by atoms with E-state index in [0.717, 1.165) is 44.9 Å². The van der Waals surface area contributed by atoms with Gasteiger partial charge in [0.05, 0.1) is 25.4 Å². The number of unbranched alkanes of at least 4 members (excludes halogenated alkanes) is 24. The van der Waals surface area contributed by atoms with Gasteiger partial charge in [-0.25, -0.2) is 0 Å². The third-order valence-electron chi connectivity index (χ3n) is 10.9. The summed E-state index contributed by atoms with van der Waals surface area (Å²) in [5, 5.41) is 54.1. The predicted octanol–water partition coefficient (Wildman–Crippen LogP) is 9.67. The summed E-state index contributed by atoms with van der Waals surface area (Å²) in [6, 6.07) is -0.823. The summed E-state index contributed by atoms with van der Waals surface area (Å²) in [5.74, 6) is -0.193. The molecule has 1 saturated heterocycles. The molecule has 0 radical (unpaired) electrons. The van der Waals surface area contributed by atoms with Gasteiger partial charge in [0.1, 0.15) is 24.4 Å². The quantitative estimate of drug-likeness (QED) is 0.0268. The molecule has 0 aromatic heterocycles. The van der Waals surface area contributed by atoms with Crippen molar-refractivity contribution in [1.29, 1.82) is 0 Å². The van der Waals surface area contributed by atoms with E-state index in [9.17, 15) is 30.3 Å². The standard InChI is InChI=1S/C47H87NO8/c1-3-5-7-9-11-13-15-16-17-18-19-20-21-22-23-24-25-27-28-30-32-34-36-41(50)40(39-55-47-46(54)45(53)44(52)42(38-49)56-47)48-43(51)37-35-33-31-29-26-14-12-10-8-6-4-2/h22-23,27-28,34,36,40-42,44-47,49-50,52-54H,3-21,24-26,29-33,35,37-39H2,1-2H3,(H,48,51)/b23-22+,28-27+,36-34+. The van der Waals surface area contributed by atoms with Crippen molar-refractivity contribution in [2.24, 2.45) is 0 Å². The van der Waals surface area contributed by atoms with Crippen molar-refractivity contribution < 1.29 is 39.8 Å². The predicted molar refractivity (Wildman–Crippen MR) is 230 cm³/mol. The number of ether oxygens (including phenoxy) is 2. The Bertz CT molecular complexity index is 972. The van der Waals surface area contributed by atoms with E-state index in [2.05, 4.69) is 43.5 Å². The number of nitrogens with one attached hydrogen (secondary N) is 1. The minimum Gasteiger partial charge on any atom is -0.394 e. The lowest BCUT2D eigenvalue weighted by atomic mass is 9.99. The molecule has 0 saturated carbocycles. The van der Waals surface area contributed by atoms with Gasteiger partial charge in [0.25, 0.3) is 0 Å². The summed E-state index contributed by atoms with van der Waals surface area (Å²) >= 11 is 0. The maximum atomic E-state index is 12.9. The molecule has 0 aliphatic carbocycles. The molecule has 1 rings (SSSR count). The van der Waals surface area contributed by atoms with Crippen LogP contribution in [0.2, 0.25) is 0 Å². The zero-order valence-corrected chi connectivity index (χ0v) is 35.9. The lowest BCUT2D eigenvalue weighted by Crippen LogP contribution is -2.60. The smallest absolute Gasteiger partial charge is 0.220 e. The lowest BCUT2D eigenvalue weighted by Gasteiger charge is -2.40. The first-order valence-corrected chi connectivity index (χ1v) is 23.2. The van der Waals surface area contributed by atoms with Crippen LogP contribution in [0.4, 0.5) is 0 Å². The van der Waals surface area contributed by atoms with E-state index in [1.54, 1.807) is 6.08 Å². The second-order valence-electron chi connectivity index (χ2n) is 16.2. The molecule has 9 nitrogen and oxygen atoms in total. The number of aliphatic hydroxyl groups excluding tert-OH is 5. The van der Waals surface area contributed by atoms with Gasteiger partial charge in [-0.1, -0.05) is 185 Å². The minimum absolute atomic E-state index is 0.193. The summed E-state index contributed by atoms with van der Waals surface area (Å²) in [6.07, 6.45) is 39.1. The van der Waals surface area contributed by atoms with E-state index in [4.69, 9.17) is 9.47 Å². The number of hydrogen-bond acceptors (Lipinski definition) is 8. The Labute approximate surface area is 342 Å². The summed E-state index contributed by atoms with van der Waals surface area (Å²) in [4.78, 5) is 12.9. The molecule has 0 bridgehead atoms. The van der Waals surface area contributed by atoms with Crippen LogP contribution in [0.25, 0.3) is 0 Å². The molecule has 1 amide bonds. The maximum Gasteiger partial charge on any atom is 0.220 e. The van der Waals surface area contributed by atoms with Crippen LogP contribution < -0.4 is 5.32 Å². The van der Waals surface area contributed by atoms with Crippen molar-refractivity contribution in [2.45, 2.75) is 243 Å². The number of amides is 1. The van der Waals surface area contributed by atoms with Crippen LogP contribution in [0.3, 0.4) is 0 Å². The second-order valence-corrected chi connectivity index (χ2v) is 16.2. The number of carbonyl (C=O) groups excluding carboxylic acids is 1. The van der Waals surface area contributed by atoms with Crippen molar-refractivity contribution in [3.05, 3.63) is 36.5 Å². The van der Waals surface area contributed by atoms with Gasteiger partial charge in [0.15, 0.2) is 6.29 Å². The zero-order chi connectivity index (χ0) is 40.9. The van der Waals surface area contributed by atoms with Gasteiger partial charge in [-0.15, -0.1) is 0 Å². The van der Waals surface area contributed by atoms with Crippen LogP contribution in [-0.2, 0) is 14.3 Å². The number of hydrogen-bond donors (Lipinski definition) is 6. The van der Waals surface area contributed by atoms with Crippen molar-refractivity contribution in [1.82, 2.24) is 5.32 Å². The van der Waals surface area contributed by atoms with E-state index in [-0.39, 0.29) is 12.5 Å². The van der Waals surface area contributed by atoms with Gasteiger partial charge in [-0.2, -0.15) is 0 Å². The van der Waals surface area contributed by atoms with Gasteiger partial charge in [0, 0.05) is 6.42 Å².